The smallest absolute Gasteiger partial charge is 0.188 e. The Kier molecular flexibility index (Phi) is 2.31. The van der Waals surface area contributed by atoms with E-state index < -0.39 is 0 Å². The second-order valence-electron chi connectivity index (χ2n) is 2.07. The van der Waals surface area contributed by atoms with E-state index in [0.29, 0.717) is 5.69 Å². The van der Waals surface area contributed by atoms with Crippen molar-refractivity contribution in [3.63, 3.8) is 0 Å². The molecule has 0 aromatic heterocycles. The Morgan fingerprint density at radius 3 is 2.73 bits per heavy atom. The molecule has 0 aliphatic heterocycles. The van der Waals surface area contributed by atoms with Crippen LogP contribution in [0, 0.1) is 5.82 Å². The maximum atomic E-state index is 13.1. The Hall–Kier alpha value is -1.25. The van der Waals surface area contributed by atoms with Crippen molar-refractivity contribution in [2.75, 3.05) is 19.5 Å². The normalized spacial score (nSPS) is 9.36. The fourth-order valence-corrected chi connectivity index (χ4v) is 0.862. The van der Waals surface area contributed by atoms with Crippen LogP contribution in [0.4, 0.5) is 10.1 Å². The molecule has 0 aliphatic carbocycles. The molecule has 60 valence electrons. The molecule has 1 aromatic carbocycles. The average molecular weight is 155 g/mol. The van der Waals surface area contributed by atoms with Crippen LogP contribution in [-0.4, -0.2) is 14.2 Å². The van der Waals surface area contributed by atoms with Crippen molar-refractivity contribution in [2.45, 2.75) is 0 Å². The average Bonchev–Trinajstić information content (AvgIpc) is 2.05. The zero-order valence-corrected chi connectivity index (χ0v) is 6.52. The van der Waals surface area contributed by atoms with Crippen LogP contribution < -0.4 is 10.1 Å². The first-order valence-corrected chi connectivity index (χ1v) is 3.30. The summed E-state index contributed by atoms with van der Waals surface area (Å²) in [4.78, 5) is 0. The fraction of sp³-hybridized carbons (Fsp3) is 0.250. The van der Waals surface area contributed by atoms with Crippen LogP contribution in [0.3, 0.4) is 0 Å². The molecule has 3 heteroatoms. The Morgan fingerprint density at radius 2 is 2.18 bits per heavy atom. The molecule has 1 aromatic rings. The van der Waals surface area contributed by atoms with Gasteiger partial charge in [-0.25, -0.2) is 4.39 Å². The molecule has 0 atom stereocenters. The van der Waals surface area contributed by atoms with Crippen molar-refractivity contribution < 1.29 is 9.13 Å². The third-order valence-electron chi connectivity index (χ3n) is 1.45. The van der Waals surface area contributed by atoms with Crippen molar-refractivity contribution in [3.05, 3.63) is 24.0 Å². The highest BCUT2D eigenvalue weighted by molar-refractivity contribution is 5.49. The van der Waals surface area contributed by atoms with Gasteiger partial charge in [-0.2, -0.15) is 0 Å². The molecule has 0 radical (unpaired) electrons. The molecular weight excluding hydrogens is 145 g/mol. The molecule has 0 heterocycles. The van der Waals surface area contributed by atoms with Gasteiger partial charge in [-0.1, -0.05) is 6.07 Å². The predicted molar refractivity (Wildman–Crippen MR) is 42.5 cm³/mol. The van der Waals surface area contributed by atoms with Gasteiger partial charge in [-0.3, -0.25) is 0 Å². The molecule has 0 bridgehead atoms. The topological polar surface area (TPSA) is 21.3 Å². The summed E-state index contributed by atoms with van der Waals surface area (Å²) in [6, 6.07) is 4.96. The number of rotatable bonds is 2. The first-order chi connectivity index (χ1) is 5.29. The second-order valence-corrected chi connectivity index (χ2v) is 2.07. The molecule has 0 unspecified atom stereocenters. The van der Waals surface area contributed by atoms with Crippen LogP contribution in [0.15, 0.2) is 18.2 Å². The molecule has 1 rings (SSSR count). The molecular formula is C8H10FNO. The lowest BCUT2D eigenvalue weighted by molar-refractivity contribution is 0.387. The zero-order chi connectivity index (χ0) is 8.27. The maximum absolute atomic E-state index is 13.1. The molecule has 0 saturated carbocycles. The van der Waals surface area contributed by atoms with E-state index >= 15 is 0 Å². The molecule has 11 heavy (non-hydrogen) atoms. The second kappa shape index (κ2) is 3.23. The van der Waals surface area contributed by atoms with Crippen LogP contribution in [-0.2, 0) is 0 Å². The number of halogens is 1. The molecule has 0 amide bonds. The number of nitrogens with one attached hydrogen (secondary N) is 1. The maximum Gasteiger partial charge on any atom is 0.188 e. The number of benzene rings is 1. The van der Waals surface area contributed by atoms with Gasteiger partial charge in [0.1, 0.15) is 0 Å². The molecule has 0 aliphatic rings. The standard InChI is InChI=1S/C8H10FNO/c1-10-6-4-3-5-7(11-2)8(6)9/h3-5,10H,1-2H3. The Bertz CT molecular complexity index is 228. The van der Waals surface area contributed by atoms with Gasteiger partial charge in [0.2, 0.25) is 0 Å². The van der Waals surface area contributed by atoms with Crippen LogP contribution in [0.2, 0.25) is 0 Å². The van der Waals surface area contributed by atoms with E-state index in [1.807, 2.05) is 0 Å². The van der Waals surface area contributed by atoms with Crippen LogP contribution in [0.5, 0.6) is 5.75 Å². The molecule has 2 nitrogen and oxygen atoms in total. The van der Waals surface area contributed by atoms with Gasteiger partial charge in [-0.15, -0.1) is 0 Å². The molecule has 0 spiro atoms. The Balaban J connectivity index is 3.10. The largest absolute Gasteiger partial charge is 0.494 e. The minimum atomic E-state index is -0.350. The Morgan fingerprint density at radius 1 is 1.45 bits per heavy atom. The van der Waals surface area contributed by atoms with E-state index in [9.17, 15) is 4.39 Å². The van der Waals surface area contributed by atoms with Crippen LogP contribution >= 0.6 is 0 Å². The van der Waals surface area contributed by atoms with Crippen LogP contribution in [0.1, 0.15) is 0 Å². The van der Waals surface area contributed by atoms with E-state index in [1.54, 1.807) is 25.2 Å². The summed E-state index contributed by atoms with van der Waals surface area (Å²) in [6.45, 7) is 0. The van der Waals surface area contributed by atoms with Gasteiger partial charge in [0.05, 0.1) is 12.8 Å². The van der Waals surface area contributed by atoms with E-state index in [1.165, 1.54) is 7.11 Å². The minimum absolute atomic E-state index is 0.261. The third-order valence-corrected chi connectivity index (χ3v) is 1.45. The Labute approximate surface area is 65.0 Å². The van der Waals surface area contributed by atoms with Gasteiger partial charge >= 0.3 is 0 Å². The zero-order valence-electron chi connectivity index (χ0n) is 6.52. The van der Waals surface area contributed by atoms with Crippen molar-refractivity contribution in [3.8, 4) is 5.75 Å². The third kappa shape index (κ3) is 1.42. The first kappa shape index (κ1) is 7.85. The molecule has 1 N–H and O–H groups in total. The summed E-state index contributed by atoms with van der Waals surface area (Å²) < 4.78 is 17.9. The molecule has 0 fully saturated rings. The van der Waals surface area contributed by atoms with Gasteiger partial charge < -0.3 is 10.1 Å². The van der Waals surface area contributed by atoms with Gasteiger partial charge in [0, 0.05) is 7.05 Å². The minimum Gasteiger partial charge on any atom is -0.494 e. The highest BCUT2D eigenvalue weighted by Crippen LogP contribution is 2.22. The lowest BCUT2D eigenvalue weighted by Crippen LogP contribution is -1.95. The van der Waals surface area contributed by atoms with E-state index in [2.05, 4.69) is 5.32 Å². The van der Waals surface area contributed by atoms with Crippen molar-refractivity contribution in [1.82, 2.24) is 0 Å². The van der Waals surface area contributed by atoms with Gasteiger partial charge in [0.15, 0.2) is 11.6 Å². The highest BCUT2D eigenvalue weighted by atomic mass is 19.1. The number of methoxy groups -OCH3 is 1. The van der Waals surface area contributed by atoms with Gasteiger partial charge in [0.25, 0.3) is 0 Å². The fourth-order valence-electron chi connectivity index (χ4n) is 0.862. The summed E-state index contributed by atoms with van der Waals surface area (Å²) in [5.41, 5.74) is 0.448. The highest BCUT2D eigenvalue weighted by Gasteiger charge is 2.04. The number of anilines is 1. The first-order valence-electron chi connectivity index (χ1n) is 3.30. The SMILES string of the molecule is CNc1cccc(OC)c1F. The summed E-state index contributed by atoms with van der Waals surface area (Å²) >= 11 is 0. The van der Waals surface area contributed by atoms with Crippen molar-refractivity contribution in [2.24, 2.45) is 0 Å². The van der Waals surface area contributed by atoms with Gasteiger partial charge in [-0.05, 0) is 12.1 Å². The predicted octanol–water partition coefficient (Wildman–Crippen LogP) is 1.88. The molecule has 0 saturated heterocycles. The monoisotopic (exact) mass is 155 g/mol. The van der Waals surface area contributed by atoms with E-state index in [4.69, 9.17) is 4.74 Å². The quantitative estimate of drug-likeness (QED) is 0.704. The van der Waals surface area contributed by atoms with E-state index in [0.717, 1.165) is 0 Å². The lowest BCUT2D eigenvalue weighted by Gasteiger charge is -2.05. The lowest BCUT2D eigenvalue weighted by atomic mass is 10.3. The number of hydrogen-bond acceptors (Lipinski definition) is 2. The summed E-state index contributed by atoms with van der Waals surface area (Å²) in [6.07, 6.45) is 0. The van der Waals surface area contributed by atoms with E-state index in [-0.39, 0.29) is 11.6 Å². The number of hydrogen-bond donors (Lipinski definition) is 1. The van der Waals surface area contributed by atoms with Crippen LogP contribution in [0.25, 0.3) is 0 Å². The summed E-state index contributed by atoms with van der Waals surface area (Å²) in [5, 5.41) is 2.71. The number of ether oxygens (including phenoxy) is 1. The van der Waals surface area contributed by atoms with Crippen molar-refractivity contribution in [1.29, 1.82) is 0 Å². The summed E-state index contributed by atoms with van der Waals surface area (Å²) in [5.74, 6) is -0.0886. The van der Waals surface area contributed by atoms with Crippen molar-refractivity contribution >= 4 is 5.69 Å². The summed E-state index contributed by atoms with van der Waals surface area (Å²) in [7, 11) is 3.11.